The Balaban J connectivity index is 1.98. The van der Waals surface area contributed by atoms with Gasteiger partial charge in [-0.05, 0) is 55.7 Å². The molecule has 6 nitrogen and oxygen atoms in total. The third-order valence-corrected chi connectivity index (χ3v) is 6.48. The Bertz CT molecular complexity index is 1080. The fraction of sp³-hybridized carbons (Fsp3) is 0.350. The van der Waals surface area contributed by atoms with E-state index >= 15 is 0 Å². The molecule has 0 unspecified atom stereocenters. The normalized spacial score (nSPS) is 14.9. The second-order valence-electron chi connectivity index (χ2n) is 7.01. The van der Waals surface area contributed by atoms with Crippen LogP contribution in [0, 0.1) is 0 Å². The van der Waals surface area contributed by atoms with Gasteiger partial charge in [0.05, 0.1) is 28.8 Å². The van der Waals surface area contributed by atoms with E-state index in [2.05, 4.69) is 0 Å². The number of rotatable bonds is 5. The van der Waals surface area contributed by atoms with Gasteiger partial charge in [-0.3, -0.25) is 9.52 Å². The number of sulfonamides is 1. The second-order valence-corrected chi connectivity index (χ2v) is 9.13. The van der Waals surface area contributed by atoms with Crippen molar-refractivity contribution >= 4 is 33.2 Å². The van der Waals surface area contributed by atoms with E-state index in [4.69, 9.17) is 16.3 Å². The number of anilines is 1. The molecule has 1 heterocycles. The Morgan fingerprint density at radius 3 is 2.39 bits per heavy atom. The molecule has 0 bridgehead atoms. The summed E-state index contributed by atoms with van der Waals surface area (Å²) in [6.45, 7) is 1.08. The van der Waals surface area contributed by atoms with Gasteiger partial charge >= 0.3 is 6.18 Å². The molecule has 0 radical (unpaired) electrons. The zero-order valence-corrected chi connectivity index (χ0v) is 18.1. The van der Waals surface area contributed by atoms with Crippen LogP contribution in [0.25, 0.3) is 0 Å². The first-order valence-electron chi connectivity index (χ1n) is 9.40. The van der Waals surface area contributed by atoms with Crippen LogP contribution < -0.4 is 9.46 Å². The highest BCUT2D eigenvalue weighted by molar-refractivity contribution is 7.92. The molecular formula is C20H20ClF3N2O4S. The fourth-order valence-corrected chi connectivity index (χ4v) is 4.61. The van der Waals surface area contributed by atoms with Crippen LogP contribution in [0.15, 0.2) is 41.3 Å². The molecule has 2 aromatic carbocycles. The van der Waals surface area contributed by atoms with E-state index in [1.165, 1.54) is 13.2 Å². The van der Waals surface area contributed by atoms with Crippen molar-refractivity contribution < 1.29 is 31.1 Å². The van der Waals surface area contributed by atoms with Crippen LogP contribution in [-0.2, 0) is 16.2 Å². The predicted octanol–water partition coefficient (Wildman–Crippen LogP) is 4.79. The van der Waals surface area contributed by atoms with Crippen LogP contribution in [0.2, 0.25) is 5.02 Å². The summed E-state index contributed by atoms with van der Waals surface area (Å²) < 4.78 is 72.8. The third-order valence-electron chi connectivity index (χ3n) is 4.89. The summed E-state index contributed by atoms with van der Waals surface area (Å²) in [6, 6.07) is 6.30. The van der Waals surface area contributed by atoms with Gasteiger partial charge in [0.1, 0.15) is 5.75 Å². The summed E-state index contributed by atoms with van der Waals surface area (Å²) in [5.41, 5.74) is -1.86. The zero-order valence-electron chi connectivity index (χ0n) is 16.5. The molecule has 0 aliphatic carbocycles. The highest BCUT2D eigenvalue weighted by Crippen LogP contribution is 2.37. The first-order chi connectivity index (χ1) is 14.5. The maximum absolute atomic E-state index is 13.3. The van der Waals surface area contributed by atoms with E-state index in [-0.39, 0.29) is 21.2 Å². The average Bonchev–Trinajstić information content (AvgIpc) is 2.73. The Kier molecular flexibility index (Phi) is 6.70. The molecule has 0 saturated carbocycles. The Labute approximate surface area is 183 Å². The molecule has 0 aromatic heterocycles. The number of carbonyl (C=O) groups is 1. The maximum atomic E-state index is 13.3. The van der Waals surface area contributed by atoms with Gasteiger partial charge in [-0.25, -0.2) is 8.42 Å². The summed E-state index contributed by atoms with van der Waals surface area (Å²) in [5.74, 6) is -0.215. The van der Waals surface area contributed by atoms with Gasteiger partial charge in [-0.1, -0.05) is 11.6 Å². The van der Waals surface area contributed by atoms with Crippen LogP contribution >= 0.6 is 11.6 Å². The van der Waals surface area contributed by atoms with Gasteiger partial charge < -0.3 is 9.64 Å². The highest BCUT2D eigenvalue weighted by Gasteiger charge is 2.35. The van der Waals surface area contributed by atoms with Gasteiger partial charge in [0.15, 0.2) is 0 Å². The van der Waals surface area contributed by atoms with Gasteiger partial charge in [0.25, 0.3) is 15.9 Å². The first kappa shape index (κ1) is 23.2. The molecule has 0 atom stereocenters. The number of piperidine rings is 1. The highest BCUT2D eigenvalue weighted by atomic mass is 35.5. The van der Waals surface area contributed by atoms with Crippen molar-refractivity contribution in [2.24, 2.45) is 0 Å². The number of hydrogen-bond donors (Lipinski definition) is 1. The number of carbonyl (C=O) groups excluding carboxylic acids is 1. The van der Waals surface area contributed by atoms with E-state index < -0.39 is 33.4 Å². The van der Waals surface area contributed by atoms with E-state index in [1.807, 2.05) is 4.72 Å². The fourth-order valence-electron chi connectivity index (χ4n) is 3.33. The van der Waals surface area contributed by atoms with Crippen molar-refractivity contribution in [2.75, 3.05) is 24.9 Å². The number of halogens is 4. The minimum Gasteiger partial charge on any atom is -0.496 e. The number of nitrogens with zero attached hydrogens (tertiary/aromatic N) is 1. The van der Waals surface area contributed by atoms with Crippen molar-refractivity contribution in [2.45, 2.75) is 30.3 Å². The van der Waals surface area contributed by atoms with Crippen molar-refractivity contribution in [1.82, 2.24) is 4.90 Å². The SMILES string of the molecule is COc1ccc(S(=O)(=O)Nc2ccc(Cl)cc2C(F)(F)F)cc1C(=O)N1CCCCC1. The molecule has 2 aromatic rings. The van der Waals surface area contributed by atoms with Gasteiger partial charge in [0.2, 0.25) is 0 Å². The monoisotopic (exact) mass is 476 g/mol. The van der Waals surface area contributed by atoms with E-state index in [0.717, 1.165) is 43.5 Å². The van der Waals surface area contributed by atoms with Crippen LogP contribution in [0.1, 0.15) is 35.2 Å². The second kappa shape index (κ2) is 8.96. The summed E-state index contributed by atoms with van der Waals surface area (Å²) in [7, 11) is -3.09. The minimum atomic E-state index is -4.82. The lowest BCUT2D eigenvalue weighted by atomic mass is 10.1. The minimum absolute atomic E-state index is 0.0272. The quantitative estimate of drug-likeness (QED) is 0.673. The molecule has 1 amide bonds. The van der Waals surface area contributed by atoms with Gasteiger partial charge in [0, 0.05) is 18.1 Å². The van der Waals surface area contributed by atoms with Gasteiger partial charge in [-0.15, -0.1) is 0 Å². The molecule has 3 rings (SSSR count). The van der Waals surface area contributed by atoms with Crippen molar-refractivity contribution in [3.05, 3.63) is 52.5 Å². The molecule has 0 spiro atoms. The van der Waals surface area contributed by atoms with Crippen LogP contribution in [-0.4, -0.2) is 39.4 Å². The average molecular weight is 477 g/mol. The van der Waals surface area contributed by atoms with Gasteiger partial charge in [-0.2, -0.15) is 13.2 Å². The summed E-state index contributed by atoms with van der Waals surface area (Å²) in [5, 5.41) is -0.186. The Morgan fingerprint density at radius 2 is 1.77 bits per heavy atom. The summed E-state index contributed by atoms with van der Waals surface area (Å²) >= 11 is 5.64. The number of benzene rings is 2. The smallest absolute Gasteiger partial charge is 0.418 e. The first-order valence-corrected chi connectivity index (χ1v) is 11.3. The van der Waals surface area contributed by atoms with Crippen LogP contribution in [0.3, 0.4) is 0 Å². The topological polar surface area (TPSA) is 75.7 Å². The molecule has 1 saturated heterocycles. The third kappa shape index (κ3) is 5.24. The Morgan fingerprint density at radius 1 is 1.10 bits per heavy atom. The molecule has 1 aliphatic rings. The van der Waals surface area contributed by atoms with Crippen molar-refractivity contribution in [1.29, 1.82) is 0 Å². The van der Waals surface area contributed by atoms with Crippen LogP contribution in [0.5, 0.6) is 5.75 Å². The lowest BCUT2D eigenvalue weighted by Crippen LogP contribution is -2.35. The number of alkyl halides is 3. The predicted molar refractivity (Wildman–Crippen MR) is 110 cm³/mol. The van der Waals surface area contributed by atoms with E-state index in [1.54, 1.807) is 4.90 Å². The van der Waals surface area contributed by atoms with Crippen molar-refractivity contribution in [3.63, 3.8) is 0 Å². The number of amides is 1. The van der Waals surface area contributed by atoms with Crippen molar-refractivity contribution in [3.8, 4) is 5.75 Å². The largest absolute Gasteiger partial charge is 0.496 e. The summed E-state index contributed by atoms with van der Waals surface area (Å²) in [4.78, 5) is 14.1. The molecule has 11 heteroatoms. The number of nitrogens with one attached hydrogen (secondary N) is 1. The molecule has 1 fully saturated rings. The molecule has 31 heavy (non-hydrogen) atoms. The maximum Gasteiger partial charge on any atom is 0.418 e. The lowest BCUT2D eigenvalue weighted by molar-refractivity contribution is -0.136. The molecule has 1 aliphatic heterocycles. The standard InChI is InChI=1S/C20H20ClF3N2O4S/c1-30-18-8-6-14(12-15(18)19(27)26-9-3-2-4-10-26)31(28,29)25-17-7-5-13(21)11-16(17)20(22,23)24/h5-8,11-12,25H,2-4,9-10H2,1H3. The van der Waals surface area contributed by atoms with Crippen LogP contribution in [0.4, 0.5) is 18.9 Å². The summed E-state index contributed by atoms with van der Waals surface area (Å²) in [6.07, 6.45) is -2.14. The Hall–Kier alpha value is -2.46. The number of ether oxygens (including phenoxy) is 1. The number of hydrogen-bond acceptors (Lipinski definition) is 4. The van der Waals surface area contributed by atoms with E-state index in [0.29, 0.717) is 19.2 Å². The molecule has 1 N–H and O–H groups in total. The zero-order chi connectivity index (χ0) is 22.8. The molecular weight excluding hydrogens is 457 g/mol. The number of methoxy groups -OCH3 is 1. The van der Waals surface area contributed by atoms with E-state index in [9.17, 15) is 26.4 Å². The lowest BCUT2D eigenvalue weighted by Gasteiger charge is -2.27. The molecule has 168 valence electrons. The number of likely N-dealkylation sites (tertiary alicyclic amines) is 1.